The van der Waals surface area contributed by atoms with Crippen molar-refractivity contribution >= 4 is 17.2 Å². The summed E-state index contributed by atoms with van der Waals surface area (Å²) in [7, 11) is 4.31. The predicted molar refractivity (Wildman–Crippen MR) is 85.3 cm³/mol. The maximum Gasteiger partial charge on any atom is 0.222 e. The third kappa shape index (κ3) is 3.61. The highest BCUT2D eigenvalue weighted by Gasteiger charge is 2.33. The molecule has 0 aliphatic carbocycles. The van der Waals surface area contributed by atoms with Gasteiger partial charge in [-0.15, -0.1) is 11.3 Å². The summed E-state index contributed by atoms with van der Waals surface area (Å²) in [6.45, 7) is 3.93. The number of likely N-dealkylation sites (N-methyl/N-ethyl adjacent to an activating group) is 1. The second-order valence-electron chi connectivity index (χ2n) is 5.88. The SMILES string of the molecule is CCCCC(=O)N1CC[C@H](N(C)C)[C@@H](c2cccs2)C1. The van der Waals surface area contributed by atoms with E-state index in [0.717, 1.165) is 32.4 Å². The molecule has 1 aromatic rings. The fraction of sp³-hybridized carbons (Fsp3) is 0.688. The first-order valence-electron chi connectivity index (χ1n) is 7.61. The number of hydrogen-bond acceptors (Lipinski definition) is 3. The van der Waals surface area contributed by atoms with Crippen molar-refractivity contribution in [2.24, 2.45) is 0 Å². The summed E-state index contributed by atoms with van der Waals surface area (Å²) < 4.78 is 0. The lowest BCUT2D eigenvalue weighted by Gasteiger charge is -2.41. The largest absolute Gasteiger partial charge is 0.342 e. The number of likely N-dealkylation sites (tertiary alicyclic amines) is 1. The van der Waals surface area contributed by atoms with Crippen LogP contribution < -0.4 is 0 Å². The summed E-state index contributed by atoms with van der Waals surface area (Å²) in [6.07, 6.45) is 3.89. The third-order valence-electron chi connectivity index (χ3n) is 4.25. The van der Waals surface area contributed by atoms with Crippen LogP contribution in [0.4, 0.5) is 0 Å². The summed E-state index contributed by atoms with van der Waals surface area (Å²) in [5.74, 6) is 0.801. The number of hydrogen-bond donors (Lipinski definition) is 0. The molecule has 4 heteroatoms. The molecule has 2 rings (SSSR count). The van der Waals surface area contributed by atoms with Gasteiger partial charge in [0.05, 0.1) is 0 Å². The van der Waals surface area contributed by atoms with Crippen molar-refractivity contribution in [3.8, 4) is 0 Å². The van der Waals surface area contributed by atoms with E-state index >= 15 is 0 Å². The first kappa shape index (κ1) is 15.5. The van der Waals surface area contributed by atoms with Gasteiger partial charge in [-0.25, -0.2) is 0 Å². The number of amides is 1. The number of thiophene rings is 1. The number of unbranched alkanes of at least 4 members (excludes halogenated alkanes) is 1. The minimum Gasteiger partial charge on any atom is -0.342 e. The molecule has 0 unspecified atom stereocenters. The van der Waals surface area contributed by atoms with Crippen LogP contribution in [0.2, 0.25) is 0 Å². The zero-order valence-electron chi connectivity index (χ0n) is 12.8. The summed E-state index contributed by atoms with van der Waals surface area (Å²) in [5.41, 5.74) is 0. The molecule has 2 atom stereocenters. The molecule has 1 saturated heterocycles. The Hall–Kier alpha value is -0.870. The van der Waals surface area contributed by atoms with Crippen molar-refractivity contribution in [2.75, 3.05) is 27.2 Å². The van der Waals surface area contributed by atoms with Crippen LogP contribution in [0, 0.1) is 0 Å². The van der Waals surface area contributed by atoms with E-state index in [9.17, 15) is 4.79 Å². The van der Waals surface area contributed by atoms with Crippen molar-refractivity contribution in [1.82, 2.24) is 9.80 Å². The number of carbonyl (C=O) groups is 1. The minimum absolute atomic E-state index is 0.339. The number of rotatable bonds is 5. The molecule has 1 aliphatic rings. The van der Waals surface area contributed by atoms with Gasteiger partial charge >= 0.3 is 0 Å². The van der Waals surface area contributed by atoms with Crippen LogP contribution in [0.3, 0.4) is 0 Å². The first-order chi connectivity index (χ1) is 9.63. The van der Waals surface area contributed by atoms with Crippen molar-refractivity contribution in [3.63, 3.8) is 0 Å². The molecule has 1 amide bonds. The molecular weight excluding hydrogens is 268 g/mol. The third-order valence-corrected chi connectivity index (χ3v) is 5.25. The van der Waals surface area contributed by atoms with Crippen molar-refractivity contribution < 1.29 is 4.79 Å². The Kier molecular flexibility index (Phi) is 5.61. The van der Waals surface area contributed by atoms with E-state index in [1.165, 1.54) is 4.88 Å². The van der Waals surface area contributed by atoms with Crippen molar-refractivity contribution in [3.05, 3.63) is 22.4 Å². The van der Waals surface area contributed by atoms with E-state index in [2.05, 4.69) is 48.3 Å². The van der Waals surface area contributed by atoms with Gasteiger partial charge in [0.25, 0.3) is 0 Å². The molecule has 0 N–H and O–H groups in total. The number of nitrogens with zero attached hydrogens (tertiary/aromatic N) is 2. The minimum atomic E-state index is 0.339. The lowest BCUT2D eigenvalue weighted by atomic mass is 9.89. The zero-order chi connectivity index (χ0) is 14.5. The summed E-state index contributed by atoms with van der Waals surface area (Å²) >= 11 is 1.82. The normalized spacial score (nSPS) is 23.3. The van der Waals surface area contributed by atoms with Gasteiger partial charge in [-0.05, 0) is 38.4 Å². The Balaban J connectivity index is 2.06. The van der Waals surface area contributed by atoms with Gasteiger partial charge in [0.15, 0.2) is 0 Å². The Morgan fingerprint density at radius 3 is 2.90 bits per heavy atom. The van der Waals surface area contributed by atoms with Gasteiger partial charge in [-0.2, -0.15) is 0 Å². The molecule has 1 aliphatic heterocycles. The highest BCUT2D eigenvalue weighted by atomic mass is 32.1. The molecule has 1 fully saturated rings. The Labute approximate surface area is 126 Å². The predicted octanol–water partition coefficient (Wildman–Crippen LogP) is 3.18. The fourth-order valence-corrected chi connectivity index (χ4v) is 3.93. The zero-order valence-corrected chi connectivity index (χ0v) is 13.7. The molecule has 112 valence electrons. The molecule has 2 heterocycles. The average molecular weight is 294 g/mol. The molecule has 1 aromatic heterocycles. The maximum atomic E-state index is 12.3. The number of piperidine rings is 1. The highest BCUT2D eigenvalue weighted by Crippen LogP contribution is 2.32. The van der Waals surface area contributed by atoms with Crippen LogP contribution in [-0.4, -0.2) is 48.9 Å². The van der Waals surface area contributed by atoms with E-state index in [1.807, 2.05) is 11.3 Å². The molecule has 0 radical (unpaired) electrons. The van der Waals surface area contributed by atoms with Crippen LogP contribution in [-0.2, 0) is 4.79 Å². The van der Waals surface area contributed by atoms with Gasteiger partial charge in [0.2, 0.25) is 5.91 Å². The van der Waals surface area contributed by atoms with Crippen LogP contribution in [0.25, 0.3) is 0 Å². The molecule has 0 bridgehead atoms. The van der Waals surface area contributed by atoms with Gasteiger partial charge < -0.3 is 9.80 Å². The molecule has 20 heavy (non-hydrogen) atoms. The molecular formula is C16H26N2OS. The van der Waals surface area contributed by atoms with Crippen molar-refractivity contribution in [2.45, 2.75) is 44.6 Å². The molecule has 0 spiro atoms. The van der Waals surface area contributed by atoms with Crippen LogP contribution in [0.5, 0.6) is 0 Å². The Bertz CT molecular complexity index is 416. The fourth-order valence-electron chi connectivity index (χ4n) is 3.05. The topological polar surface area (TPSA) is 23.6 Å². The number of carbonyl (C=O) groups excluding carboxylic acids is 1. The average Bonchev–Trinajstić information content (AvgIpc) is 2.98. The molecule has 0 aromatic carbocycles. The van der Waals surface area contributed by atoms with E-state index in [-0.39, 0.29) is 0 Å². The van der Waals surface area contributed by atoms with Gasteiger partial charge in [-0.1, -0.05) is 19.4 Å². The second kappa shape index (κ2) is 7.23. The lowest BCUT2D eigenvalue weighted by molar-refractivity contribution is -0.133. The van der Waals surface area contributed by atoms with Crippen molar-refractivity contribution in [1.29, 1.82) is 0 Å². The van der Waals surface area contributed by atoms with E-state index in [1.54, 1.807) is 0 Å². The molecule has 3 nitrogen and oxygen atoms in total. The first-order valence-corrected chi connectivity index (χ1v) is 8.49. The van der Waals surface area contributed by atoms with Crippen LogP contribution in [0.15, 0.2) is 17.5 Å². The second-order valence-corrected chi connectivity index (χ2v) is 6.86. The summed E-state index contributed by atoms with van der Waals surface area (Å²) in [4.78, 5) is 18.1. The Morgan fingerprint density at radius 2 is 2.30 bits per heavy atom. The highest BCUT2D eigenvalue weighted by molar-refractivity contribution is 7.10. The van der Waals surface area contributed by atoms with Gasteiger partial charge in [-0.3, -0.25) is 4.79 Å². The van der Waals surface area contributed by atoms with Crippen LogP contribution in [0.1, 0.15) is 43.4 Å². The summed E-state index contributed by atoms with van der Waals surface area (Å²) in [6, 6.07) is 4.88. The van der Waals surface area contributed by atoms with Gasteiger partial charge in [0.1, 0.15) is 0 Å². The molecule has 0 saturated carbocycles. The Morgan fingerprint density at radius 1 is 1.50 bits per heavy atom. The maximum absolute atomic E-state index is 12.3. The van der Waals surface area contributed by atoms with E-state index < -0.39 is 0 Å². The smallest absolute Gasteiger partial charge is 0.222 e. The van der Waals surface area contributed by atoms with Gasteiger partial charge in [0, 0.05) is 36.3 Å². The summed E-state index contributed by atoms with van der Waals surface area (Å²) in [5, 5.41) is 2.14. The standard InChI is InChI=1S/C16H26N2OS/c1-4-5-8-16(19)18-10-9-14(17(2)3)13(12-18)15-7-6-11-20-15/h6-7,11,13-14H,4-5,8-10,12H2,1-3H3/t13-,14-/m0/s1. The lowest BCUT2D eigenvalue weighted by Crippen LogP contribution is -2.49. The van der Waals surface area contributed by atoms with E-state index in [4.69, 9.17) is 0 Å². The quantitative estimate of drug-likeness (QED) is 0.832. The monoisotopic (exact) mass is 294 g/mol. The van der Waals surface area contributed by atoms with Crippen LogP contribution >= 0.6 is 11.3 Å². The van der Waals surface area contributed by atoms with E-state index in [0.29, 0.717) is 24.3 Å².